The van der Waals surface area contributed by atoms with Gasteiger partial charge in [-0.3, -0.25) is 9.59 Å². The molecule has 9 aliphatic carbocycles. The van der Waals surface area contributed by atoms with Crippen molar-refractivity contribution in [2.24, 2.45) is 45.3 Å². The molecule has 9 rings (SSSR count). The van der Waals surface area contributed by atoms with E-state index in [1.165, 1.54) is 70.6 Å². The monoisotopic (exact) mass is 467 g/mol. The average Bonchev–Trinajstić information content (AvgIpc) is 2.78. The zero-order chi connectivity index (χ0) is 23.3. The minimum absolute atomic E-state index is 0.142. The van der Waals surface area contributed by atoms with E-state index >= 15 is 0 Å². The molecule has 0 heterocycles. The first-order valence-corrected chi connectivity index (χ1v) is 14.8. The summed E-state index contributed by atoms with van der Waals surface area (Å²) in [4.78, 5) is 29.5. The Labute approximate surface area is 205 Å². The second-order valence-corrected chi connectivity index (χ2v) is 14.7. The molecular weight excluding hydrogens is 422 g/mol. The second kappa shape index (κ2) is 7.25. The number of carbonyl (C=O) groups is 2. The fourth-order valence-corrected chi connectivity index (χ4v) is 12.5. The van der Waals surface area contributed by atoms with E-state index in [-0.39, 0.29) is 16.2 Å². The normalized spacial score (nSPS) is 51.1. The lowest BCUT2D eigenvalue weighted by Gasteiger charge is -2.73. The van der Waals surface area contributed by atoms with Gasteiger partial charge >= 0.3 is 5.97 Å². The number of carboxylic acid groups (broad SMARTS) is 1. The Kier molecular flexibility index (Phi) is 4.73. The van der Waals surface area contributed by atoms with E-state index in [9.17, 15) is 14.7 Å². The smallest absolute Gasteiger partial charge is 0.309 e. The first kappa shape index (κ1) is 22.2. The highest BCUT2D eigenvalue weighted by Gasteiger charge is 2.72. The Hall–Kier alpha value is -1.06. The third-order valence-corrected chi connectivity index (χ3v) is 12.8. The first-order chi connectivity index (χ1) is 16.3. The molecule has 4 heteroatoms. The molecular formula is C30H45NO3. The van der Waals surface area contributed by atoms with Crippen molar-refractivity contribution < 1.29 is 14.7 Å². The predicted molar refractivity (Wildman–Crippen MR) is 131 cm³/mol. The Morgan fingerprint density at radius 3 is 1.68 bits per heavy atom. The number of hydrogen-bond donors (Lipinski definition) is 1. The summed E-state index contributed by atoms with van der Waals surface area (Å²) >= 11 is 0. The average molecular weight is 468 g/mol. The van der Waals surface area contributed by atoms with E-state index in [0.717, 1.165) is 45.1 Å². The molecule has 34 heavy (non-hydrogen) atoms. The van der Waals surface area contributed by atoms with Crippen LogP contribution in [0.3, 0.4) is 0 Å². The minimum Gasteiger partial charge on any atom is -0.481 e. The van der Waals surface area contributed by atoms with Gasteiger partial charge in [0.25, 0.3) is 0 Å². The van der Waals surface area contributed by atoms with Gasteiger partial charge in [0.15, 0.2) is 0 Å². The molecule has 0 aromatic heterocycles. The van der Waals surface area contributed by atoms with Gasteiger partial charge in [-0.25, -0.2) is 0 Å². The first-order valence-electron chi connectivity index (χ1n) is 14.8. The largest absolute Gasteiger partial charge is 0.481 e. The molecule has 0 saturated heterocycles. The van der Waals surface area contributed by atoms with Gasteiger partial charge in [-0.15, -0.1) is 0 Å². The fourth-order valence-electron chi connectivity index (χ4n) is 12.5. The van der Waals surface area contributed by atoms with Gasteiger partial charge in [0.1, 0.15) is 0 Å². The standard InChI is InChI=1S/C30H45NO3/c1-2-31(24-6-4-3-5-7-24)25(32)27-10-20-8-21(11-27)15-29(14-20,18-27)30-16-22-9-23(17-30)13-28(12-22,19-30)26(33)34/h20-24H,2-19H2,1H3,(H,33,34). The SMILES string of the molecule is CCN(C(=O)C12CC3CC(C1)CC(C14CC5CC(CC(C(=O)O)(C5)C1)C4)(C3)C2)C1CCCCC1. The second-order valence-electron chi connectivity index (χ2n) is 14.7. The molecule has 0 aromatic carbocycles. The summed E-state index contributed by atoms with van der Waals surface area (Å²) in [5, 5.41) is 10.4. The Morgan fingerprint density at radius 2 is 1.21 bits per heavy atom. The maximum atomic E-state index is 14.5. The van der Waals surface area contributed by atoms with Crippen LogP contribution in [0.15, 0.2) is 0 Å². The van der Waals surface area contributed by atoms with Gasteiger partial charge in [-0.2, -0.15) is 0 Å². The van der Waals surface area contributed by atoms with Crippen LogP contribution < -0.4 is 0 Å². The number of rotatable bonds is 5. The molecule has 188 valence electrons. The number of nitrogens with zero attached hydrogens (tertiary/aromatic N) is 1. The van der Waals surface area contributed by atoms with E-state index < -0.39 is 11.4 Å². The number of aliphatic carboxylic acids is 1. The number of carbonyl (C=O) groups excluding carboxylic acids is 1. The molecule has 4 unspecified atom stereocenters. The molecule has 4 atom stereocenters. The van der Waals surface area contributed by atoms with Crippen molar-refractivity contribution >= 4 is 11.9 Å². The van der Waals surface area contributed by atoms with Crippen molar-refractivity contribution in [2.45, 2.75) is 122 Å². The van der Waals surface area contributed by atoms with Crippen LogP contribution in [0.2, 0.25) is 0 Å². The lowest BCUT2D eigenvalue weighted by molar-refractivity contribution is -0.241. The van der Waals surface area contributed by atoms with E-state index in [4.69, 9.17) is 0 Å². The van der Waals surface area contributed by atoms with E-state index in [2.05, 4.69) is 11.8 Å². The molecule has 4 nitrogen and oxygen atoms in total. The van der Waals surface area contributed by atoms with Crippen LogP contribution in [0, 0.1) is 45.3 Å². The van der Waals surface area contributed by atoms with Crippen LogP contribution >= 0.6 is 0 Å². The van der Waals surface area contributed by atoms with E-state index in [1.54, 1.807) is 0 Å². The molecule has 9 aliphatic rings. The van der Waals surface area contributed by atoms with Crippen LogP contribution in [0.25, 0.3) is 0 Å². The summed E-state index contributed by atoms with van der Waals surface area (Å²) < 4.78 is 0. The summed E-state index contributed by atoms with van der Waals surface area (Å²) in [5.74, 6) is 2.64. The Bertz CT molecular complexity index is 859. The number of amides is 1. The van der Waals surface area contributed by atoms with E-state index in [0.29, 0.717) is 35.6 Å². The number of hydrogen-bond acceptors (Lipinski definition) is 2. The molecule has 0 radical (unpaired) electrons. The van der Waals surface area contributed by atoms with Gasteiger partial charge in [0.2, 0.25) is 5.91 Å². The third-order valence-electron chi connectivity index (χ3n) is 12.8. The van der Waals surface area contributed by atoms with Crippen molar-refractivity contribution in [1.82, 2.24) is 4.90 Å². The molecule has 9 fully saturated rings. The molecule has 1 amide bonds. The zero-order valence-corrected chi connectivity index (χ0v) is 21.3. The van der Waals surface area contributed by atoms with Gasteiger partial charge in [0.05, 0.1) is 10.8 Å². The molecule has 1 N–H and O–H groups in total. The maximum absolute atomic E-state index is 14.5. The van der Waals surface area contributed by atoms with Gasteiger partial charge < -0.3 is 10.0 Å². The minimum atomic E-state index is -0.504. The summed E-state index contributed by atoms with van der Waals surface area (Å²) in [5.41, 5.74) is -0.169. The Morgan fingerprint density at radius 1 is 0.735 bits per heavy atom. The highest BCUT2D eigenvalue weighted by molar-refractivity contribution is 5.84. The summed E-state index contributed by atoms with van der Waals surface area (Å²) in [6.45, 7) is 3.07. The topological polar surface area (TPSA) is 57.6 Å². The van der Waals surface area contributed by atoms with Crippen molar-refractivity contribution in [3.8, 4) is 0 Å². The summed E-state index contributed by atoms with van der Waals surface area (Å²) in [7, 11) is 0. The predicted octanol–water partition coefficient (Wildman–Crippen LogP) is 6.43. The van der Waals surface area contributed by atoms with Crippen molar-refractivity contribution in [3.63, 3.8) is 0 Å². The molecule has 0 aliphatic heterocycles. The van der Waals surface area contributed by atoms with Crippen molar-refractivity contribution in [3.05, 3.63) is 0 Å². The molecule has 0 aromatic rings. The van der Waals surface area contributed by atoms with Crippen molar-refractivity contribution in [1.29, 1.82) is 0 Å². The van der Waals surface area contributed by atoms with Crippen molar-refractivity contribution in [2.75, 3.05) is 6.54 Å². The zero-order valence-electron chi connectivity index (χ0n) is 21.3. The maximum Gasteiger partial charge on any atom is 0.309 e. The molecule has 0 spiro atoms. The van der Waals surface area contributed by atoms with E-state index in [1.807, 2.05) is 0 Å². The number of carboxylic acids is 1. The third kappa shape index (κ3) is 2.89. The van der Waals surface area contributed by atoms with Gasteiger partial charge in [0, 0.05) is 12.6 Å². The highest BCUT2D eigenvalue weighted by atomic mass is 16.4. The van der Waals surface area contributed by atoms with Crippen LogP contribution in [-0.4, -0.2) is 34.5 Å². The Balaban J connectivity index is 1.25. The molecule has 8 bridgehead atoms. The van der Waals surface area contributed by atoms with Gasteiger partial charge in [-0.05, 0) is 131 Å². The quantitative estimate of drug-likeness (QED) is 0.507. The summed E-state index contributed by atoms with van der Waals surface area (Å²) in [6, 6.07) is 0.463. The van der Waals surface area contributed by atoms with Crippen LogP contribution in [-0.2, 0) is 9.59 Å². The van der Waals surface area contributed by atoms with Crippen LogP contribution in [0.5, 0.6) is 0 Å². The van der Waals surface area contributed by atoms with Crippen LogP contribution in [0.1, 0.15) is 116 Å². The lowest BCUT2D eigenvalue weighted by atomic mass is 9.31. The fraction of sp³-hybridized carbons (Fsp3) is 0.933. The molecule has 9 saturated carbocycles. The van der Waals surface area contributed by atoms with Crippen LogP contribution in [0.4, 0.5) is 0 Å². The summed E-state index contributed by atoms with van der Waals surface area (Å²) in [6.07, 6.45) is 20.1. The van der Waals surface area contributed by atoms with Gasteiger partial charge in [-0.1, -0.05) is 19.3 Å². The highest BCUT2D eigenvalue weighted by Crippen LogP contribution is 2.78. The lowest BCUT2D eigenvalue weighted by Crippen LogP contribution is -2.67.